The van der Waals surface area contributed by atoms with Gasteiger partial charge in [0, 0.05) is 13.6 Å². The smallest absolute Gasteiger partial charge is 0.338 e. The maximum absolute atomic E-state index is 12.9. The third kappa shape index (κ3) is 4.89. The number of benzene rings is 2. The molecule has 0 atom stereocenters. The van der Waals surface area contributed by atoms with Crippen LogP contribution >= 0.6 is 0 Å². The summed E-state index contributed by atoms with van der Waals surface area (Å²) >= 11 is 0. The molecule has 0 saturated carbocycles. The van der Waals surface area contributed by atoms with E-state index in [0.29, 0.717) is 5.56 Å². The number of hydrogen-bond acceptors (Lipinski definition) is 3. The van der Waals surface area contributed by atoms with Gasteiger partial charge in [0.2, 0.25) is 0 Å². The van der Waals surface area contributed by atoms with Gasteiger partial charge in [-0.15, -0.1) is 0 Å². The molecule has 5 heteroatoms. The van der Waals surface area contributed by atoms with E-state index in [1.165, 1.54) is 12.1 Å². The van der Waals surface area contributed by atoms with Crippen molar-refractivity contribution in [2.24, 2.45) is 4.99 Å². The van der Waals surface area contributed by atoms with Crippen LogP contribution in [0.5, 0.6) is 0 Å². The van der Waals surface area contributed by atoms with Gasteiger partial charge < -0.3 is 9.64 Å². The Morgan fingerprint density at radius 1 is 1.16 bits per heavy atom. The van der Waals surface area contributed by atoms with Gasteiger partial charge in [0.15, 0.2) is 0 Å². The first-order valence-electron chi connectivity index (χ1n) is 8.18. The topological polar surface area (TPSA) is 41.9 Å². The number of nitrogens with zero attached hydrogens (tertiary/aromatic N) is 2. The third-order valence-corrected chi connectivity index (χ3v) is 4.15. The van der Waals surface area contributed by atoms with E-state index in [-0.39, 0.29) is 12.4 Å². The Hall–Kier alpha value is -2.69. The van der Waals surface area contributed by atoms with Crippen LogP contribution in [0.25, 0.3) is 0 Å². The summed E-state index contributed by atoms with van der Waals surface area (Å²) in [6, 6.07) is 9.44. The fourth-order valence-electron chi connectivity index (χ4n) is 2.22. The summed E-state index contributed by atoms with van der Waals surface area (Å²) in [6.07, 6.45) is 1.77. The van der Waals surface area contributed by atoms with E-state index in [4.69, 9.17) is 4.74 Å². The normalized spacial score (nSPS) is 10.9. The molecule has 4 nitrogen and oxygen atoms in total. The van der Waals surface area contributed by atoms with Crippen molar-refractivity contribution < 1.29 is 13.9 Å². The summed E-state index contributed by atoms with van der Waals surface area (Å²) in [7, 11) is 1.95. The van der Waals surface area contributed by atoms with Crippen LogP contribution in [0.3, 0.4) is 0 Å². The number of hydrogen-bond donors (Lipinski definition) is 0. The van der Waals surface area contributed by atoms with Crippen molar-refractivity contribution in [3.05, 3.63) is 64.5 Å². The molecule has 0 saturated heterocycles. The van der Waals surface area contributed by atoms with Crippen molar-refractivity contribution >= 4 is 18.0 Å². The van der Waals surface area contributed by atoms with Gasteiger partial charge in [-0.05, 0) is 61.7 Å². The fourth-order valence-corrected chi connectivity index (χ4v) is 2.22. The zero-order chi connectivity index (χ0) is 18.4. The fraction of sp³-hybridized carbons (Fsp3) is 0.300. The van der Waals surface area contributed by atoms with E-state index in [1.807, 2.05) is 38.8 Å². The van der Waals surface area contributed by atoms with E-state index in [0.717, 1.165) is 28.9 Å². The van der Waals surface area contributed by atoms with Crippen molar-refractivity contribution in [3.8, 4) is 0 Å². The lowest BCUT2D eigenvalue weighted by Gasteiger charge is -2.12. The first-order chi connectivity index (χ1) is 11.9. The summed E-state index contributed by atoms with van der Waals surface area (Å²) in [4.78, 5) is 18.8. The van der Waals surface area contributed by atoms with Crippen molar-refractivity contribution in [2.75, 3.05) is 13.6 Å². The highest BCUT2D eigenvalue weighted by molar-refractivity contribution is 5.92. The molecular formula is C20H23FN2O2. The van der Waals surface area contributed by atoms with Crippen LogP contribution in [0.1, 0.15) is 34.0 Å². The number of halogens is 1. The molecule has 0 aliphatic rings. The van der Waals surface area contributed by atoms with Crippen LogP contribution in [0, 0.1) is 19.7 Å². The number of ether oxygens (including phenoxy) is 1. The predicted molar refractivity (Wildman–Crippen MR) is 97.9 cm³/mol. The maximum atomic E-state index is 12.9. The number of rotatable bonds is 6. The molecule has 0 radical (unpaired) electrons. The summed E-state index contributed by atoms with van der Waals surface area (Å²) in [5.41, 5.74) is 3.87. The van der Waals surface area contributed by atoms with Crippen LogP contribution in [0.4, 0.5) is 10.1 Å². The van der Waals surface area contributed by atoms with Gasteiger partial charge in [0.05, 0.1) is 17.6 Å². The molecule has 0 N–H and O–H groups in total. The highest BCUT2D eigenvalue weighted by Crippen LogP contribution is 2.25. The highest BCUT2D eigenvalue weighted by atomic mass is 19.1. The second-order valence-electron chi connectivity index (χ2n) is 5.90. The molecule has 0 aromatic heterocycles. The van der Waals surface area contributed by atoms with Gasteiger partial charge >= 0.3 is 5.97 Å². The summed E-state index contributed by atoms with van der Waals surface area (Å²) < 4.78 is 18.2. The Balaban J connectivity index is 2.10. The zero-order valence-electron chi connectivity index (χ0n) is 15.0. The Kier molecular flexibility index (Phi) is 6.28. The van der Waals surface area contributed by atoms with Gasteiger partial charge in [0.1, 0.15) is 12.4 Å². The second-order valence-corrected chi connectivity index (χ2v) is 5.90. The van der Waals surface area contributed by atoms with Crippen molar-refractivity contribution in [3.63, 3.8) is 0 Å². The van der Waals surface area contributed by atoms with Crippen LogP contribution in [0.2, 0.25) is 0 Å². The monoisotopic (exact) mass is 342 g/mol. The number of carbonyl (C=O) groups is 1. The minimum absolute atomic E-state index is 0.110. The molecule has 2 rings (SSSR count). The number of carbonyl (C=O) groups excluding carboxylic acids is 1. The second kappa shape index (κ2) is 8.42. The Bertz CT molecular complexity index is 770. The van der Waals surface area contributed by atoms with E-state index in [9.17, 15) is 9.18 Å². The van der Waals surface area contributed by atoms with Gasteiger partial charge in [0.25, 0.3) is 0 Å². The SMILES string of the molecule is CCN(C)/C=N/c1ccc(C(=O)OCc2ccc(F)cc2)c(C)c1C. The lowest BCUT2D eigenvalue weighted by atomic mass is 10.0. The van der Waals surface area contributed by atoms with Crippen LogP contribution in [-0.4, -0.2) is 30.8 Å². The summed E-state index contributed by atoms with van der Waals surface area (Å²) in [5.74, 6) is -0.711. The quantitative estimate of drug-likeness (QED) is 0.443. The molecule has 0 aliphatic carbocycles. The largest absolute Gasteiger partial charge is 0.457 e. The molecule has 0 spiro atoms. The van der Waals surface area contributed by atoms with Gasteiger partial charge in [-0.25, -0.2) is 14.2 Å². The minimum atomic E-state index is -0.397. The van der Waals surface area contributed by atoms with Gasteiger partial charge in [-0.3, -0.25) is 0 Å². The molecule has 2 aromatic carbocycles. The zero-order valence-corrected chi connectivity index (χ0v) is 15.0. The Morgan fingerprint density at radius 2 is 1.84 bits per heavy atom. The van der Waals surface area contributed by atoms with E-state index >= 15 is 0 Å². The molecule has 0 heterocycles. The number of aliphatic imine (C=N–C) groups is 1. The molecule has 0 fully saturated rings. The average Bonchev–Trinajstić information content (AvgIpc) is 2.62. The predicted octanol–water partition coefficient (Wildman–Crippen LogP) is 4.41. The standard InChI is InChI=1S/C20H23FN2O2/c1-5-23(4)13-22-19-11-10-18(14(2)15(19)3)20(24)25-12-16-6-8-17(21)9-7-16/h6-11,13H,5,12H2,1-4H3/b22-13+. The maximum Gasteiger partial charge on any atom is 0.338 e. The van der Waals surface area contributed by atoms with Crippen LogP contribution in [0.15, 0.2) is 41.4 Å². The average molecular weight is 342 g/mol. The Morgan fingerprint density at radius 3 is 2.48 bits per heavy atom. The van der Waals surface area contributed by atoms with Crippen LogP contribution < -0.4 is 0 Å². The minimum Gasteiger partial charge on any atom is -0.457 e. The lowest BCUT2D eigenvalue weighted by molar-refractivity contribution is 0.0471. The molecule has 0 bridgehead atoms. The first kappa shape index (κ1) is 18.6. The highest BCUT2D eigenvalue weighted by Gasteiger charge is 2.14. The van der Waals surface area contributed by atoms with Crippen molar-refractivity contribution in [2.45, 2.75) is 27.4 Å². The summed E-state index contributed by atoms with van der Waals surface area (Å²) in [6.45, 7) is 6.84. The molecule has 132 valence electrons. The molecule has 0 unspecified atom stereocenters. The van der Waals surface area contributed by atoms with E-state index in [1.54, 1.807) is 24.5 Å². The number of esters is 1. The van der Waals surface area contributed by atoms with Gasteiger partial charge in [-0.2, -0.15) is 0 Å². The van der Waals surface area contributed by atoms with E-state index < -0.39 is 5.97 Å². The lowest BCUT2D eigenvalue weighted by Crippen LogP contribution is -2.14. The molecular weight excluding hydrogens is 319 g/mol. The summed E-state index contributed by atoms with van der Waals surface area (Å²) in [5, 5.41) is 0. The van der Waals surface area contributed by atoms with Gasteiger partial charge in [-0.1, -0.05) is 12.1 Å². The molecule has 0 aliphatic heterocycles. The third-order valence-electron chi connectivity index (χ3n) is 4.15. The molecule has 25 heavy (non-hydrogen) atoms. The van der Waals surface area contributed by atoms with Crippen molar-refractivity contribution in [1.29, 1.82) is 0 Å². The Labute approximate surface area is 148 Å². The first-order valence-corrected chi connectivity index (χ1v) is 8.18. The van der Waals surface area contributed by atoms with E-state index in [2.05, 4.69) is 4.99 Å². The molecule has 2 aromatic rings. The van der Waals surface area contributed by atoms with Crippen molar-refractivity contribution in [1.82, 2.24) is 4.90 Å². The molecule has 0 amide bonds. The van der Waals surface area contributed by atoms with Crippen LogP contribution in [-0.2, 0) is 11.3 Å².